The van der Waals surface area contributed by atoms with Crippen molar-refractivity contribution in [3.05, 3.63) is 34.9 Å². The molecule has 1 unspecified atom stereocenters. The van der Waals surface area contributed by atoms with Crippen LogP contribution in [0, 0.1) is 0 Å². The van der Waals surface area contributed by atoms with Gasteiger partial charge in [-0.3, -0.25) is 0 Å². The van der Waals surface area contributed by atoms with Crippen molar-refractivity contribution in [2.75, 3.05) is 12.8 Å². The minimum Gasteiger partial charge on any atom is -0.372 e. The van der Waals surface area contributed by atoms with Gasteiger partial charge in [0.1, 0.15) is 0 Å². The SMILES string of the molecule is CCCNC(c1ccc2c(c1)COC2)C(C)(C)S(C)(=O)=O. The summed E-state index contributed by atoms with van der Waals surface area (Å²) >= 11 is 0. The maximum absolute atomic E-state index is 12.2. The van der Waals surface area contributed by atoms with Gasteiger partial charge in [-0.15, -0.1) is 0 Å². The number of hydrogen-bond donors (Lipinski definition) is 1. The zero-order valence-corrected chi connectivity index (χ0v) is 14.1. The zero-order valence-electron chi connectivity index (χ0n) is 13.3. The summed E-state index contributed by atoms with van der Waals surface area (Å²) in [4.78, 5) is 0. The topological polar surface area (TPSA) is 55.4 Å². The van der Waals surface area contributed by atoms with Gasteiger partial charge in [0.25, 0.3) is 0 Å². The first-order valence-electron chi connectivity index (χ1n) is 7.39. The zero-order chi connectivity index (χ0) is 15.7. The molecule has 1 aromatic carbocycles. The number of benzene rings is 1. The molecule has 0 amide bonds. The molecule has 1 atom stereocenters. The lowest BCUT2D eigenvalue weighted by Gasteiger charge is -2.34. The molecule has 0 aromatic heterocycles. The lowest BCUT2D eigenvalue weighted by atomic mass is 9.92. The Hall–Kier alpha value is -0.910. The number of nitrogens with one attached hydrogen (secondary N) is 1. The second-order valence-corrected chi connectivity index (χ2v) is 8.88. The van der Waals surface area contributed by atoms with Gasteiger partial charge in [-0.2, -0.15) is 0 Å². The Balaban J connectivity index is 2.41. The molecule has 1 aliphatic rings. The lowest BCUT2D eigenvalue weighted by molar-refractivity contribution is 0.134. The maximum atomic E-state index is 12.2. The summed E-state index contributed by atoms with van der Waals surface area (Å²) in [6, 6.07) is 5.94. The molecule has 0 fully saturated rings. The molecule has 1 aromatic rings. The van der Waals surface area contributed by atoms with Crippen LogP contribution in [-0.4, -0.2) is 26.0 Å². The average Bonchev–Trinajstić information content (AvgIpc) is 2.85. The minimum atomic E-state index is -3.19. The Kier molecular flexibility index (Phi) is 4.76. The van der Waals surface area contributed by atoms with Gasteiger partial charge in [0.2, 0.25) is 0 Å². The van der Waals surface area contributed by atoms with Gasteiger partial charge >= 0.3 is 0 Å². The summed E-state index contributed by atoms with van der Waals surface area (Å²) in [7, 11) is -3.19. The highest BCUT2D eigenvalue weighted by Crippen LogP contribution is 2.34. The third kappa shape index (κ3) is 3.30. The van der Waals surface area contributed by atoms with Crippen molar-refractivity contribution in [2.45, 2.75) is 51.2 Å². The van der Waals surface area contributed by atoms with Crippen molar-refractivity contribution in [1.82, 2.24) is 5.32 Å². The average molecular weight is 311 g/mol. The molecule has 0 bridgehead atoms. The van der Waals surface area contributed by atoms with Gasteiger partial charge in [-0.1, -0.05) is 25.1 Å². The molecular weight excluding hydrogens is 286 g/mol. The van der Waals surface area contributed by atoms with Crippen molar-refractivity contribution in [1.29, 1.82) is 0 Å². The highest BCUT2D eigenvalue weighted by atomic mass is 32.2. The number of hydrogen-bond acceptors (Lipinski definition) is 4. The van der Waals surface area contributed by atoms with E-state index in [0.29, 0.717) is 13.2 Å². The highest BCUT2D eigenvalue weighted by molar-refractivity contribution is 7.92. The van der Waals surface area contributed by atoms with E-state index < -0.39 is 14.6 Å². The van der Waals surface area contributed by atoms with E-state index >= 15 is 0 Å². The molecule has 118 valence electrons. The third-order valence-electron chi connectivity index (χ3n) is 4.33. The fourth-order valence-corrected chi connectivity index (χ4v) is 3.29. The smallest absolute Gasteiger partial charge is 0.154 e. The van der Waals surface area contributed by atoms with E-state index in [2.05, 4.69) is 24.4 Å². The van der Waals surface area contributed by atoms with E-state index in [-0.39, 0.29) is 6.04 Å². The predicted molar refractivity (Wildman–Crippen MR) is 84.9 cm³/mol. The van der Waals surface area contributed by atoms with Crippen molar-refractivity contribution in [2.24, 2.45) is 0 Å². The predicted octanol–water partition coefficient (Wildman–Crippen LogP) is 2.58. The molecule has 0 saturated heterocycles. The quantitative estimate of drug-likeness (QED) is 0.877. The summed E-state index contributed by atoms with van der Waals surface area (Å²) in [5.74, 6) is 0. The van der Waals surface area contributed by atoms with Crippen molar-refractivity contribution >= 4 is 9.84 Å². The largest absolute Gasteiger partial charge is 0.372 e. The van der Waals surface area contributed by atoms with E-state index in [4.69, 9.17) is 4.74 Å². The first-order chi connectivity index (χ1) is 9.77. The van der Waals surface area contributed by atoms with E-state index in [0.717, 1.165) is 18.5 Å². The normalized spacial score (nSPS) is 16.8. The number of fused-ring (bicyclic) bond motifs is 1. The van der Waals surface area contributed by atoms with Crippen LogP contribution in [0.1, 0.15) is 49.9 Å². The molecule has 1 heterocycles. The van der Waals surface area contributed by atoms with E-state index in [1.807, 2.05) is 6.07 Å². The van der Waals surface area contributed by atoms with Gasteiger partial charge in [-0.05, 0) is 43.5 Å². The van der Waals surface area contributed by atoms with E-state index in [1.54, 1.807) is 13.8 Å². The summed E-state index contributed by atoms with van der Waals surface area (Å²) in [5.41, 5.74) is 3.38. The summed E-state index contributed by atoms with van der Waals surface area (Å²) in [6.45, 7) is 7.71. The Labute approximate surface area is 127 Å². The number of rotatable bonds is 6. The van der Waals surface area contributed by atoms with Crippen LogP contribution in [-0.2, 0) is 27.8 Å². The summed E-state index contributed by atoms with van der Waals surface area (Å²) < 4.78 is 29.0. The lowest BCUT2D eigenvalue weighted by Crippen LogP contribution is -2.45. The summed E-state index contributed by atoms with van der Waals surface area (Å²) in [6.07, 6.45) is 2.27. The van der Waals surface area contributed by atoms with E-state index in [9.17, 15) is 8.42 Å². The molecule has 1 aliphatic heterocycles. The van der Waals surface area contributed by atoms with Crippen LogP contribution in [0.25, 0.3) is 0 Å². The Morgan fingerprint density at radius 1 is 1.29 bits per heavy atom. The Morgan fingerprint density at radius 3 is 2.57 bits per heavy atom. The molecule has 5 heteroatoms. The minimum absolute atomic E-state index is 0.224. The Bertz CT molecular complexity index is 608. The van der Waals surface area contributed by atoms with Crippen molar-refractivity contribution < 1.29 is 13.2 Å². The van der Waals surface area contributed by atoms with Crippen LogP contribution in [0.4, 0.5) is 0 Å². The molecule has 4 nitrogen and oxygen atoms in total. The first kappa shape index (κ1) is 16.5. The molecule has 21 heavy (non-hydrogen) atoms. The first-order valence-corrected chi connectivity index (χ1v) is 9.29. The van der Waals surface area contributed by atoms with Crippen LogP contribution in [0.3, 0.4) is 0 Å². The van der Waals surface area contributed by atoms with Crippen LogP contribution in [0.15, 0.2) is 18.2 Å². The molecular formula is C16H25NO3S. The second-order valence-electron chi connectivity index (χ2n) is 6.28. The molecule has 0 radical (unpaired) electrons. The van der Waals surface area contributed by atoms with Gasteiger partial charge in [0.05, 0.1) is 24.0 Å². The fraction of sp³-hybridized carbons (Fsp3) is 0.625. The number of sulfone groups is 1. The van der Waals surface area contributed by atoms with Gasteiger partial charge in [-0.25, -0.2) is 8.42 Å². The number of ether oxygens (including phenoxy) is 1. The second kappa shape index (κ2) is 6.07. The molecule has 0 saturated carbocycles. The van der Waals surface area contributed by atoms with Crippen molar-refractivity contribution in [3.63, 3.8) is 0 Å². The third-order valence-corrected chi connectivity index (χ3v) is 6.48. The summed E-state index contributed by atoms with van der Waals surface area (Å²) in [5, 5.41) is 3.40. The van der Waals surface area contributed by atoms with Crippen LogP contribution in [0.5, 0.6) is 0 Å². The van der Waals surface area contributed by atoms with Crippen LogP contribution < -0.4 is 5.32 Å². The standard InChI is InChI=1S/C16H25NO3S/c1-5-8-17-15(16(2,3)21(4,18)19)12-6-7-13-10-20-11-14(13)9-12/h6-7,9,15,17H,5,8,10-11H2,1-4H3. The molecule has 0 spiro atoms. The van der Waals surface area contributed by atoms with Gasteiger partial charge < -0.3 is 10.1 Å². The fourth-order valence-electron chi connectivity index (χ4n) is 2.64. The highest BCUT2D eigenvalue weighted by Gasteiger charge is 2.39. The van der Waals surface area contributed by atoms with Crippen LogP contribution >= 0.6 is 0 Å². The van der Waals surface area contributed by atoms with E-state index in [1.165, 1.54) is 17.4 Å². The Morgan fingerprint density at radius 2 is 1.95 bits per heavy atom. The van der Waals surface area contributed by atoms with Gasteiger partial charge in [0.15, 0.2) is 9.84 Å². The molecule has 0 aliphatic carbocycles. The monoisotopic (exact) mass is 311 g/mol. The molecule has 1 N–H and O–H groups in total. The molecule has 2 rings (SSSR count). The van der Waals surface area contributed by atoms with Crippen molar-refractivity contribution in [3.8, 4) is 0 Å². The van der Waals surface area contributed by atoms with Crippen LogP contribution in [0.2, 0.25) is 0 Å². The maximum Gasteiger partial charge on any atom is 0.154 e. The van der Waals surface area contributed by atoms with Gasteiger partial charge in [0, 0.05) is 6.26 Å².